The van der Waals surface area contributed by atoms with Gasteiger partial charge < -0.3 is 4.74 Å². The largest absolute Gasteiger partial charge is 0.371 e. The van der Waals surface area contributed by atoms with Crippen molar-refractivity contribution in [1.29, 1.82) is 0 Å². The van der Waals surface area contributed by atoms with E-state index in [1.54, 1.807) is 0 Å². The maximum absolute atomic E-state index is 11.4. The number of ketones is 1. The van der Waals surface area contributed by atoms with Crippen molar-refractivity contribution in [2.75, 3.05) is 6.61 Å². The van der Waals surface area contributed by atoms with Crippen LogP contribution in [0.3, 0.4) is 0 Å². The second-order valence-corrected chi connectivity index (χ2v) is 3.73. The molecule has 0 bridgehead atoms. The van der Waals surface area contributed by atoms with Gasteiger partial charge in [0.05, 0.1) is 0 Å². The fraction of sp³-hybridized carbons (Fsp3) is 0.917. The molecule has 1 atom stereocenters. The quantitative estimate of drug-likeness (QED) is 0.534. The first kappa shape index (κ1) is 13.6. The van der Waals surface area contributed by atoms with Crippen LogP contribution in [-0.2, 0) is 9.53 Å². The molecule has 84 valence electrons. The molecule has 0 heterocycles. The van der Waals surface area contributed by atoms with Crippen molar-refractivity contribution < 1.29 is 9.53 Å². The number of rotatable bonds is 9. The summed E-state index contributed by atoms with van der Waals surface area (Å²) in [6.45, 7) is 6.59. The highest BCUT2D eigenvalue weighted by molar-refractivity contribution is 5.82. The maximum atomic E-state index is 11.4. The highest BCUT2D eigenvalue weighted by Crippen LogP contribution is 2.07. The van der Waals surface area contributed by atoms with Crippen molar-refractivity contribution in [1.82, 2.24) is 0 Å². The third kappa shape index (κ3) is 7.07. The minimum Gasteiger partial charge on any atom is -0.371 e. The van der Waals surface area contributed by atoms with Gasteiger partial charge in [-0.1, -0.05) is 32.6 Å². The molecular weight excluding hydrogens is 176 g/mol. The van der Waals surface area contributed by atoms with Gasteiger partial charge in [0.2, 0.25) is 0 Å². The van der Waals surface area contributed by atoms with Crippen LogP contribution in [0.1, 0.15) is 59.3 Å². The number of ether oxygens (including phenoxy) is 1. The van der Waals surface area contributed by atoms with E-state index < -0.39 is 0 Å². The number of carbonyl (C=O) groups excluding carboxylic acids is 1. The van der Waals surface area contributed by atoms with Gasteiger partial charge in [-0.3, -0.25) is 4.79 Å². The molecular formula is C12H24O2. The molecule has 0 radical (unpaired) electrons. The van der Waals surface area contributed by atoms with E-state index in [0.717, 1.165) is 6.42 Å². The Balaban J connectivity index is 3.34. The zero-order chi connectivity index (χ0) is 10.8. The van der Waals surface area contributed by atoms with Gasteiger partial charge in [0.15, 0.2) is 5.78 Å². The molecule has 0 saturated heterocycles. The molecule has 0 aromatic carbocycles. The van der Waals surface area contributed by atoms with Crippen LogP contribution in [0, 0.1) is 0 Å². The lowest BCUT2D eigenvalue weighted by Gasteiger charge is -2.09. The second kappa shape index (κ2) is 9.20. The average molecular weight is 200 g/mol. The van der Waals surface area contributed by atoms with Crippen molar-refractivity contribution in [3.05, 3.63) is 0 Å². The SMILES string of the molecule is CCCCCCCC(=O)C(C)OCC. The van der Waals surface area contributed by atoms with E-state index in [0.29, 0.717) is 13.0 Å². The number of unbranched alkanes of at least 4 members (excludes halogenated alkanes) is 4. The summed E-state index contributed by atoms with van der Waals surface area (Å²) < 4.78 is 5.23. The highest BCUT2D eigenvalue weighted by Gasteiger charge is 2.11. The Morgan fingerprint density at radius 3 is 2.36 bits per heavy atom. The molecule has 0 aliphatic carbocycles. The van der Waals surface area contributed by atoms with Crippen LogP contribution in [0.25, 0.3) is 0 Å². The number of hydrogen-bond donors (Lipinski definition) is 0. The third-order valence-corrected chi connectivity index (χ3v) is 2.40. The fourth-order valence-electron chi connectivity index (χ4n) is 1.45. The van der Waals surface area contributed by atoms with Crippen LogP contribution < -0.4 is 0 Å². The normalized spacial score (nSPS) is 12.8. The molecule has 14 heavy (non-hydrogen) atoms. The smallest absolute Gasteiger partial charge is 0.161 e. The van der Waals surface area contributed by atoms with Gasteiger partial charge >= 0.3 is 0 Å². The average Bonchev–Trinajstić information content (AvgIpc) is 2.17. The molecule has 0 spiro atoms. The van der Waals surface area contributed by atoms with Crippen LogP contribution in [0.4, 0.5) is 0 Å². The Kier molecular flexibility index (Phi) is 8.95. The lowest BCUT2D eigenvalue weighted by atomic mass is 10.1. The minimum atomic E-state index is -0.203. The molecule has 1 unspecified atom stereocenters. The Morgan fingerprint density at radius 1 is 1.14 bits per heavy atom. The summed E-state index contributed by atoms with van der Waals surface area (Å²) in [6, 6.07) is 0. The molecule has 0 aromatic heterocycles. The summed E-state index contributed by atoms with van der Waals surface area (Å²) in [4.78, 5) is 11.4. The molecule has 2 heteroatoms. The van der Waals surface area contributed by atoms with Crippen LogP contribution >= 0.6 is 0 Å². The molecule has 2 nitrogen and oxygen atoms in total. The molecule has 0 N–H and O–H groups in total. The van der Waals surface area contributed by atoms with E-state index in [4.69, 9.17) is 4.74 Å². The van der Waals surface area contributed by atoms with Gasteiger partial charge in [0, 0.05) is 13.0 Å². The predicted octanol–water partition coefficient (Wildman–Crippen LogP) is 3.34. The Bertz CT molecular complexity index is 143. The first-order chi connectivity index (χ1) is 6.72. The summed E-state index contributed by atoms with van der Waals surface area (Å²) in [7, 11) is 0. The highest BCUT2D eigenvalue weighted by atomic mass is 16.5. The van der Waals surface area contributed by atoms with E-state index in [1.807, 2.05) is 13.8 Å². The summed E-state index contributed by atoms with van der Waals surface area (Å²) in [6.07, 6.45) is 6.48. The molecule has 0 rings (SSSR count). The molecule has 0 aliphatic heterocycles. The molecule has 0 aromatic rings. The van der Waals surface area contributed by atoms with Gasteiger partial charge in [0.1, 0.15) is 6.10 Å². The van der Waals surface area contributed by atoms with E-state index in [-0.39, 0.29) is 11.9 Å². The first-order valence-corrected chi connectivity index (χ1v) is 5.86. The molecule has 0 fully saturated rings. The first-order valence-electron chi connectivity index (χ1n) is 5.86. The van der Waals surface area contributed by atoms with Crippen molar-refractivity contribution in [3.8, 4) is 0 Å². The molecule has 0 aliphatic rings. The van der Waals surface area contributed by atoms with Crippen LogP contribution in [0.2, 0.25) is 0 Å². The lowest BCUT2D eigenvalue weighted by molar-refractivity contribution is -0.129. The van der Waals surface area contributed by atoms with Gasteiger partial charge in [-0.2, -0.15) is 0 Å². The predicted molar refractivity (Wildman–Crippen MR) is 59.5 cm³/mol. The van der Waals surface area contributed by atoms with Crippen LogP contribution in [0.15, 0.2) is 0 Å². The molecule has 0 saturated carbocycles. The number of hydrogen-bond acceptors (Lipinski definition) is 2. The van der Waals surface area contributed by atoms with Crippen LogP contribution in [-0.4, -0.2) is 18.5 Å². The summed E-state index contributed by atoms with van der Waals surface area (Å²) in [5.74, 6) is 0.253. The van der Waals surface area contributed by atoms with Crippen molar-refractivity contribution in [3.63, 3.8) is 0 Å². The Hall–Kier alpha value is -0.370. The van der Waals surface area contributed by atoms with Gasteiger partial charge in [-0.15, -0.1) is 0 Å². The molecule has 0 amide bonds. The van der Waals surface area contributed by atoms with E-state index >= 15 is 0 Å². The van der Waals surface area contributed by atoms with Gasteiger partial charge in [-0.05, 0) is 20.3 Å². The van der Waals surface area contributed by atoms with E-state index in [1.165, 1.54) is 25.7 Å². The Morgan fingerprint density at radius 2 is 1.79 bits per heavy atom. The summed E-state index contributed by atoms with van der Waals surface area (Å²) in [5, 5.41) is 0. The van der Waals surface area contributed by atoms with Gasteiger partial charge in [0.25, 0.3) is 0 Å². The standard InChI is InChI=1S/C12H24O2/c1-4-6-7-8-9-10-12(13)11(3)14-5-2/h11H,4-10H2,1-3H3. The number of Topliss-reactive ketones (excluding diaryl/α,β-unsaturated/α-hetero) is 1. The van der Waals surface area contributed by atoms with Gasteiger partial charge in [-0.25, -0.2) is 0 Å². The van der Waals surface area contributed by atoms with Crippen LogP contribution in [0.5, 0.6) is 0 Å². The fourth-order valence-corrected chi connectivity index (χ4v) is 1.45. The van der Waals surface area contributed by atoms with Crippen molar-refractivity contribution >= 4 is 5.78 Å². The Labute approximate surface area is 88.0 Å². The van der Waals surface area contributed by atoms with Crippen molar-refractivity contribution in [2.24, 2.45) is 0 Å². The summed E-state index contributed by atoms with van der Waals surface area (Å²) in [5.41, 5.74) is 0. The summed E-state index contributed by atoms with van der Waals surface area (Å²) >= 11 is 0. The lowest BCUT2D eigenvalue weighted by Crippen LogP contribution is -2.20. The van der Waals surface area contributed by atoms with Crippen molar-refractivity contribution in [2.45, 2.75) is 65.4 Å². The number of carbonyl (C=O) groups is 1. The monoisotopic (exact) mass is 200 g/mol. The third-order valence-electron chi connectivity index (χ3n) is 2.40. The zero-order valence-electron chi connectivity index (χ0n) is 9.84. The second-order valence-electron chi connectivity index (χ2n) is 3.73. The topological polar surface area (TPSA) is 26.3 Å². The van der Waals surface area contributed by atoms with E-state index in [9.17, 15) is 4.79 Å². The maximum Gasteiger partial charge on any atom is 0.161 e. The van der Waals surface area contributed by atoms with E-state index in [2.05, 4.69) is 6.92 Å². The minimum absolute atomic E-state index is 0.203. The zero-order valence-corrected chi connectivity index (χ0v) is 9.84.